The van der Waals surface area contributed by atoms with Gasteiger partial charge in [0.25, 0.3) is 0 Å². The second kappa shape index (κ2) is 10.3. The topological polar surface area (TPSA) is 58.8 Å². The van der Waals surface area contributed by atoms with Crippen molar-refractivity contribution in [2.75, 3.05) is 50.8 Å². The molecule has 5 rings (SSSR count). The summed E-state index contributed by atoms with van der Waals surface area (Å²) in [5.74, 6) is 3.31. The van der Waals surface area contributed by atoms with Crippen molar-refractivity contribution in [3.63, 3.8) is 0 Å². The highest BCUT2D eigenvalue weighted by Gasteiger charge is 2.28. The van der Waals surface area contributed by atoms with Gasteiger partial charge in [0.15, 0.2) is 0 Å². The fourth-order valence-corrected chi connectivity index (χ4v) is 5.88. The third kappa shape index (κ3) is 5.18. The minimum atomic E-state index is 0.274. The summed E-state index contributed by atoms with van der Waals surface area (Å²) in [6, 6.07) is 3.96. The molecule has 6 nitrogen and oxygen atoms in total. The first kappa shape index (κ1) is 21.9. The van der Waals surface area contributed by atoms with Crippen LogP contribution in [0.1, 0.15) is 51.4 Å². The van der Waals surface area contributed by atoms with Crippen LogP contribution in [0.15, 0.2) is 29.0 Å². The lowest BCUT2D eigenvalue weighted by Gasteiger charge is -2.37. The number of piperazine rings is 1. The molecule has 32 heavy (non-hydrogen) atoms. The van der Waals surface area contributed by atoms with Crippen molar-refractivity contribution in [1.29, 1.82) is 0 Å². The maximum atomic E-state index is 12.6. The number of rotatable bonds is 7. The molecule has 1 aliphatic carbocycles. The molecule has 6 heteroatoms. The highest BCUT2D eigenvalue weighted by Crippen LogP contribution is 2.34. The van der Waals surface area contributed by atoms with Crippen LogP contribution in [0.5, 0.6) is 0 Å². The van der Waals surface area contributed by atoms with Crippen molar-refractivity contribution in [1.82, 2.24) is 9.88 Å². The van der Waals surface area contributed by atoms with Crippen LogP contribution in [0.2, 0.25) is 0 Å². The summed E-state index contributed by atoms with van der Waals surface area (Å²) >= 11 is 0. The van der Waals surface area contributed by atoms with E-state index in [0.717, 1.165) is 81.4 Å². The number of aromatic nitrogens is 1. The molecule has 0 radical (unpaired) electrons. The largest absolute Gasteiger partial charge is 0.464 e. The zero-order valence-corrected chi connectivity index (χ0v) is 19.2. The van der Waals surface area contributed by atoms with E-state index in [2.05, 4.69) is 14.8 Å². The predicted octanol–water partition coefficient (Wildman–Crippen LogP) is 4.53. The average molecular weight is 440 g/mol. The van der Waals surface area contributed by atoms with E-state index >= 15 is 0 Å². The first-order valence-electron chi connectivity index (χ1n) is 12.7. The predicted molar refractivity (Wildman–Crippen MR) is 126 cm³/mol. The summed E-state index contributed by atoms with van der Waals surface area (Å²) in [6.07, 6.45) is 12.7. The highest BCUT2D eigenvalue weighted by atomic mass is 16.5. The van der Waals surface area contributed by atoms with E-state index in [4.69, 9.17) is 9.15 Å². The van der Waals surface area contributed by atoms with Crippen LogP contribution in [0.25, 0.3) is 11.0 Å². The van der Waals surface area contributed by atoms with Crippen LogP contribution in [0.4, 0.5) is 5.82 Å². The Morgan fingerprint density at radius 2 is 1.72 bits per heavy atom. The second-order valence-electron chi connectivity index (χ2n) is 10.0. The number of fused-ring (bicyclic) bond motifs is 1. The van der Waals surface area contributed by atoms with Gasteiger partial charge in [-0.1, -0.05) is 12.8 Å². The maximum Gasteiger partial charge on any atom is 0.139 e. The fourth-order valence-electron chi connectivity index (χ4n) is 5.88. The van der Waals surface area contributed by atoms with Gasteiger partial charge >= 0.3 is 0 Å². The maximum absolute atomic E-state index is 12.6. The van der Waals surface area contributed by atoms with E-state index in [1.807, 2.05) is 18.3 Å². The van der Waals surface area contributed by atoms with Gasteiger partial charge < -0.3 is 14.1 Å². The molecule has 2 saturated heterocycles. The molecule has 3 fully saturated rings. The molecule has 3 aliphatic rings. The van der Waals surface area contributed by atoms with Crippen molar-refractivity contribution in [2.45, 2.75) is 51.4 Å². The Morgan fingerprint density at radius 1 is 0.969 bits per heavy atom. The van der Waals surface area contributed by atoms with Gasteiger partial charge in [0.2, 0.25) is 0 Å². The van der Waals surface area contributed by atoms with Crippen LogP contribution < -0.4 is 4.90 Å². The van der Waals surface area contributed by atoms with Gasteiger partial charge in [-0.3, -0.25) is 9.69 Å². The Kier molecular flexibility index (Phi) is 7.08. The first-order chi connectivity index (χ1) is 15.8. The third-order valence-corrected chi connectivity index (χ3v) is 8.02. The molecule has 0 amide bonds. The molecular formula is C26H37N3O3. The first-order valence-corrected chi connectivity index (χ1v) is 12.7. The number of ketones is 1. The summed E-state index contributed by atoms with van der Waals surface area (Å²) in [5.41, 5.74) is 0.919. The van der Waals surface area contributed by atoms with Gasteiger partial charge in [0.05, 0.1) is 11.6 Å². The van der Waals surface area contributed by atoms with Gasteiger partial charge in [-0.05, 0) is 62.6 Å². The molecule has 0 spiro atoms. The average Bonchev–Trinajstić information content (AvgIpc) is 3.34. The van der Waals surface area contributed by atoms with Crippen LogP contribution in [-0.2, 0) is 9.53 Å². The number of furan rings is 1. The number of nitrogens with zero attached hydrogens (tertiary/aromatic N) is 3. The summed E-state index contributed by atoms with van der Waals surface area (Å²) in [5, 5.41) is 1.12. The molecule has 0 atom stereocenters. The molecule has 1 saturated carbocycles. The number of carbonyl (C=O) groups is 1. The number of ether oxygens (including phenoxy) is 1. The molecule has 0 N–H and O–H groups in total. The lowest BCUT2D eigenvalue weighted by molar-refractivity contribution is -0.126. The van der Waals surface area contributed by atoms with E-state index in [0.29, 0.717) is 11.7 Å². The van der Waals surface area contributed by atoms with Crippen molar-refractivity contribution in [3.8, 4) is 0 Å². The van der Waals surface area contributed by atoms with E-state index < -0.39 is 0 Å². The van der Waals surface area contributed by atoms with Crippen molar-refractivity contribution in [3.05, 3.63) is 24.6 Å². The molecule has 2 aromatic heterocycles. The van der Waals surface area contributed by atoms with Crippen LogP contribution in [0, 0.1) is 17.8 Å². The Labute approximate surface area is 191 Å². The Bertz CT molecular complexity index is 875. The van der Waals surface area contributed by atoms with Crippen molar-refractivity contribution >= 4 is 22.6 Å². The van der Waals surface area contributed by atoms with E-state index in [1.54, 1.807) is 6.26 Å². The van der Waals surface area contributed by atoms with E-state index in [-0.39, 0.29) is 5.92 Å². The molecule has 174 valence electrons. The van der Waals surface area contributed by atoms with Crippen LogP contribution in [0.3, 0.4) is 0 Å². The molecular weight excluding hydrogens is 402 g/mol. The van der Waals surface area contributed by atoms with Crippen LogP contribution >= 0.6 is 0 Å². The van der Waals surface area contributed by atoms with Gasteiger partial charge in [-0.2, -0.15) is 0 Å². The van der Waals surface area contributed by atoms with Gasteiger partial charge in [-0.15, -0.1) is 0 Å². The molecule has 0 bridgehead atoms. The zero-order chi connectivity index (χ0) is 21.8. The highest BCUT2D eigenvalue weighted by molar-refractivity contribution is 5.88. The number of anilines is 1. The van der Waals surface area contributed by atoms with E-state index in [9.17, 15) is 4.79 Å². The number of hydrogen-bond donors (Lipinski definition) is 0. The Hall–Kier alpha value is -1.92. The lowest BCUT2D eigenvalue weighted by atomic mass is 9.77. The second-order valence-corrected chi connectivity index (χ2v) is 10.0. The summed E-state index contributed by atoms with van der Waals surface area (Å²) in [7, 11) is 0. The molecule has 2 aliphatic heterocycles. The number of Topliss-reactive ketones (excluding diaryl/α,β-unsaturated/α-hetero) is 1. The van der Waals surface area contributed by atoms with Crippen molar-refractivity contribution in [2.24, 2.45) is 17.8 Å². The fraction of sp³-hybridized carbons (Fsp3) is 0.692. The molecule has 2 aromatic rings. The number of pyridine rings is 1. The molecule has 0 unspecified atom stereocenters. The summed E-state index contributed by atoms with van der Waals surface area (Å²) < 4.78 is 10.9. The van der Waals surface area contributed by atoms with Gasteiger partial charge in [0, 0.05) is 57.9 Å². The Morgan fingerprint density at radius 3 is 2.50 bits per heavy atom. The molecule has 4 heterocycles. The Balaban J connectivity index is 1.01. The minimum Gasteiger partial charge on any atom is -0.464 e. The summed E-state index contributed by atoms with van der Waals surface area (Å²) in [4.78, 5) is 22.2. The molecule has 0 aromatic carbocycles. The van der Waals surface area contributed by atoms with Crippen molar-refractivity contribution < 1.29 is 13.9 Å². The smallest absolute Gasteiger partial charge is 0.139 e. The number of carbonyl (C=O) groups excluding carboxylic acids is 1. The SMILES string of the molecule is O=C(CC1CCC(CCN2CCN(c3nccc4occc34)CC2)CC1)C1CCOCC1. The zero-order valence-electron chi connectivity index (χ0n) is 19.2. The monoisotopic (exact) mass is 439 g/mol. The number of hydrogen-bond acceptors (Lipinski definition) is 6. The van der Waals surface area contributed by atoms with E-state index in [1.165, 1.54) is 38.6 Å². The van der Waals surface area contributed by atoms with Crippen LogP contribution in [-0.4, -0.2) is 61.6 Å². The normalized spacial score (nSPS) is 25.9. The lowest BCUT2D eigenvalue weighted by Crippen LogP contribution is -2.47. The standard InChI is InChI=1S/C26H37N3O3/c30-24(22-7-16-31-17-8-22)19-21-3-1-20(2-4-21)6-11-28-12-14-29(15-13-28)26-23-9-18-32-25(23)5-10-27-26/h5,9-10,18,20-22H,1-4,6-8,11-17,19H2. The quantitative estimate of drug-likeness (QED) is 0.632. The third-order valence-electron chi connectivity index (χ3n) is 8.02. The summed E-state index contributed by atoms with van der Waals surface area (Å²) in [6.45, 7) is 7.00. The van der Waals surface area contributed by atoms with Gasteiger partial charge in [0.1, 0.15) is 17.2 Å². The van der Waals surface area contributed by atoms with Gasteiger partial charge in [-0.25, -0.2) is 4.98 Å². The minimum absolute atomic E-state index is 0.274.